The molecule has 1 N–H and O–H groups in total. The van der Waals surface area contributed by atoms with E-state index in [4.69, 9.17) is 14.2 Å². The van der Waals surface area contributed by atoms with Crippen molar-refractivity contribution in [3.8, 4) is 17.2 Å². The van der Waals surface area contributed by atoms with Gasteiger partial charge in [0.25, 0.3) is 5.91 Å². The first-order chi connectivity index (χ1) is 17.0. The van der Waals surface area contributed by atoms with Crippen molar-refractivity contribution in [3.63, 3.8) is 0 Å². The van der Waals surface area contributed by atoms with Crippen LogP contribution < -0.4 is 24.4 Å². The Balaban J connectivity index is 1.49. The Kier molecular flexibility index (Phi) is 7.30. The van der Waals surface area contributed by atoms with Gasteiger partial charge in [0.2, 0.25) is 5.91 Å². The SMILES string of the molecule is COc1ccccc1OCC(=O)c1ccc2c(c1)N([C@@H](C)C(=O)NCc1ccccc1)C(=O)CO2. The highest BCUT2D eigenvalue weighted by Crippen LogP contribution is 2.35. The Morgan fingerprint density at radius 3 is 2.49 bits per heavy atom. The topological polar surface area (TPSA) is 94.2 Å². The molecular formula is C27H26N2O6. The van der Waals surface area contributed by atoms with E-state index in [9.17, 15) is 14.4 Å². The summed E-state index contributed by atoms with van der Waals surface area (Å²) in [5.74, 6) is 0.421. The fraction of sp³-hybridized carbons (Fsp3) is 0.222. The second kappa shape index (κ2) is 10.7. The average Bonchev–Trinajstić information content (AvgIpc) is 2.90. The number of benzene rings is 3. The van der Waals surface area contributed by atoms with E-state index >= 15 is 0 Å². The molecule has 180 valence electrons. The zero-order chi connectivity index (χ0) is 24.8. The van der Waals surface area contributed by atoms with E-state index in [-0.39, 0.29) is 30.8 Å². The van der Waals surface area contributed by atoms with Gasteiger partial charge in [0.15, 0.2) is 30.5 Å². The molecule has 1 atom stereocenters. The molecule has 8 nitrogen and oxygen atoms in total. The van der Waals surface area contributed by atoms with Crippen LogP contribution >= 0.6 is 0 Å². The lowest BCUT2D eigenvalue weighted by Crippen LogP contribution is -2.51. The Morgan fingerprint density at radius 1 is 1.03 bits per heavy atom. The van der Waals surface area contributed by atoms with Crippen LogP contribution in [0.2, 0.25) is 0 Å². The predicted octanol–water partition coefficient (Wildman–Crippen LogP) is 3.39. The molecule has 1 aliphatic heterocycles. The molecule has 0 fully saturated rings. The van der Waals surface area contributed by atoms with Crippen LogP contribution in [0.5, 0.6) is 17.2 Å². The third kappa shape index (κ3) is 5.43. The molecule has 0 saturated carbocycles. The molecule has 4 rings (SSSR count). The van der Waals surface area contributed by atoms with Crippen LogP contribution in [0, 0.1) is 0 Å². The number of nitrogens with one attached hydrogen (secondary N) is 1. The summed E-state index contributed by atoms with van der Waals surface area (Å²) in [6.45, 7) is 1.58. The summed E-state index contributed by atoms with van der Waals surface area (Å²) < 4.78 is 16.4. The van der Waals surface area contributed by atoms with Crippen LogP contribution in [0.15, 0.2) is 72.8 Å². The van der Waals surface area contributed by atoms with E-state index in [0.29, 0.717) is 35.0 Å². The molecule has 0 aromatic heterocycles. The number of ketones is 1. The standard InChI is InChI=1S/C27H26N2O6/c1-18(27(32)28-15-19-8-4-3-5-9-19)29-21-14-20(12-13-23(21)35-17-26(29)31)22(30)16-34-25-11-7-6-10-24(25)33-2/h3-14,18H,15-17H2,1-2H3,(H,28,32)/t18-/m0/s1. The lowest BCUT2D eigenvalue weighted by Gasteiger charge is -2.33. The Labute approximate surface area is 203 Å². The number of carbonyl (C=O) groups excluding carboxylic acids is 3. The van der Waals surface area contributed by atoms with Crippen molar-refractivity contribution in [1.82, 2.24) is 5.32 Å². The maximum absolute atomic E-state index is 12.9. The number of nitrogens with zero attached hydrogens (tertiary/aromatic N) is 1. The summed E-state index contributed by atoms with van der Waals surface area (Å²) in [7, 11) is 1.52. The third-order valence-electron chi connectivity index (χ3n) is 5.66. The molecule has 0 bridgehead atoms. The second-order valence-electron chi connectivity index (χ2n) is 7.98. The highest BCUT2D eigenvalue weighted by Gasteiger charge is 2.33. The number of amides is 2. The van der Waals surface area contributed by atoms with Crippen LogP contribution in [0.3, 0.4) is 0 Å². The van der Waals surface area contributed by atoms with E-state index in [1.165, 1.54) is 12.0 Å². The molecule has 0 unspecified atom stereocenters. The number of fused-ring (bicyclic) bond motifs is 1. The fourth-order valence-corrected chi connectivity index (χ4v) is 3.78. The van der Waals surface area contributed by atoms with Crippen molar-refractivity contribution in [2.75, 3.05) is 25.2 Å². The number of methoxy groups -OCH3 is 1. The summed E-state index contributed by atoms with van der Waals surface area (Å²) in [6, 6.07) is 20.5. The summed E-state index contributed by atoms with van der Waals surface area (Å²) in [6.07, 6.45) is 0. The van der Waals surface area contributed by atoms with Gasteiger partial charge in [-0.05, 0) is 42.8 Å². The maximum atomic E-state index is 12.9. The van der Waals surface area contributed by atoms with E-state index in [1.807, 2.05) is 30.3 Å². The molecule has 0 spiro atoms. The molecule has 0 radical (unpaired) electrons. The van der Waals surface area contributed by atoms with E-state index in [0.717, 1.165) is 5.56 Å². The van der Waals surface area contributed by atoms with E-state index in [1.54, 1.807) is 49.4 Å². The normalized spacial score (nSPS) is 13.3. The Hall–Kier alpha value is -4.33. The van der Waals surface area contributed by atoms with Gasteiger partial charge in [0, 0.05) is 12.1 Å². The second-order valence-corrected chi connectivity index (χ2v) is 7.98. The lowest BCUT2D eigenvalue weighted by atomic mass is 10.1. The first kappa shape index (κ1) is 23.8. The zero-order valence-corrected chi connectivity index (χ0v) is 19.5. The third-order valence-corrected chi connectivity index (χ3v) is 5.66. The van der Waals surface area contributed by atoms with Crippen LogP contribution in [0.25, 0.3) is 0 Å². The van der Waals surface area contributed by atoms with Crippen LogP contribution in [-0.4, -0.2) is 44.0 Å². The number of carbonyl (C=O) groups is 3. The monoisotopic (exact) mass is 474 g/mol. The molecule has 35 heavy (non-hydrogen) atoms. The van der Waals surface area contributed by atoms with Gasteiger partial charge in [-0.1, -0.05) is 42.5 Å². The minimum atomic E-state index is -0.802. The van der Waals surface area contributed by atoms with E-state index < -0.39 is 6.04 Å². The molecule has 0 aliphatic carbocycles. The molecule has 8 heteroatoms. The van der Waals surface area contributed by atoms with Crippen molar-refractivity contribution in [1.29, 1.82) is 0 Å². The summed E-state index contributed by atoms with van der Waals surface area (Å²) >= 11 is 0. The fourth-order valence-electron chi connectivity index (χ4n) is 3.78. The molecule has 1 aliphatic rings. The van der Waals surface area contributed by atoms with Crippen molar-refractivity contribution in [2.45, 2.75) is 19.5 Å². The average molecular weight is 475 g/mol. The Morgan fingerprint density at radius 2 is 1.74 bits per heavy atom. The number of ether oxygens (including phenoxy) is 3. The number of rotatable bonds is 9. The summed E-state index contributed by atoms with van der Waals surface area (Å²) in [4.78, 5) is 39.8. The van der Waals surface area contributed by atoms with Gasteiger partial charge >= 0.3 is 0 Å². The number of hydrogen-bond acceptors (Lipinski definition) is 6. The van der Waals surface area contributed by atoms with Gasteiger partial charge in [-0.3, -0.25) is 19.3 Å². The highest BCUT2D eigenvalue weighted by molar-refractivity contribution is 6.05. The molecule has 3 aromatic carbocycles. The summed E-state index contributed by atoms with van der Waals surface area (Å²) in [5, 5.41) is 2.86. The van der Waals surface area contributed by atoms with Gasteiger partial charge < -0.3 is 19.5 Å². The number of anilines is 1. The van der Waals surface area contributed by atoms with Crippen molar-refractivity contribution in [3.05, 3.63) is 83.9 Å². The number of Topliss-reactive ketones (excluding diaryl/α,β-unsaturated/α-hetero) is 1. The first-order valence-corrected chi connectivity index (χ1v) is 11.2. The van der Waals surface area contributed by atoms with Crippen LogP contribution in [0.4, 0.5) is 5.69 Å². The largest absolute Gasteiger partial charge is 0.493 e. The predicted molar refractivity (Wildman–Crippen MR) is 130 cm³/mol. The zero-order valence-electron chi connectivity index (χ0n) is 19.5. The minimum absolute atomic E-state index is 0.187. The molecular weight excluding hydrogens is 448 g/mol. The van der Waals surface area contributed by atoms with Gasteiger partial charge in [-0.2, -0.15) is 0 Å². The minimum Gasteiger partial charge on any atom is -0.493 e. The first-order valence-electron chi connectivity index (χ1n) is 11.2. The van der Waals surface area contributed by atoms with E-state index in [2.05, 4.69) is 5.32 Å². The molecule has 1 heterocycles. The van der Waals surface area contributed by atoms with Crippen molar-refractivity contribution >= 4 is 23.3 Å². The van der Waals surface area contributed by atoms with Crippen molar-refractivity contribution in [2.24, 2.45) is 0 Å². The van der Waals surface area contributed by atoms with Gasteiger partial charge in [-0.15, -0.1) is 0 Å². The Bertz CT molecular complexity index is 1230. The van der Waals surface area contributed by atoms with Gasteiger partial charge in [-0.25, -0.2) is 0 Å². The summed E-state index contributed by atoms with van der Waals surface area (Å²) in [5.41, 5.74) is 1.65. The maximum Gasteiger partial charge on any atom is 0.265 e. The number of para-hydroxylation sites is 2. The number of hydrogen-bond donors (Lipinski definition) is 1. The lowest BCUT2D eigenvalue weighted by molar-refractivity contribution is -0.127. The van der Waals surface area contributed by atoms with Gasteiger partial charge in [0.05, 0.1) is 12.8 Å². The quantitative estimate of drug-likeness (QED) is 0.478. The van der Waals surface area contributed by atoms with Crippen LogP contribution in [0.1, 0.15) is 22.8 Å². The van der Waals surface area contributed by atoms with Crippen LogP contribution in [-0.2, 0) is 16.1 Å². The highest BCUT2D eigenvalue weighted by atomic mass is 16.5. The van der Waals surface area contributed by atoms with Gasteiger partial charge in [0.1, 0.15) is 11.8 Å². The molecule has 3 aromatic rings. The smallest absolute Gasteiger partial charge is 0.265 e. The molecule has 2 amide bonds. The van der Waals surface area contributed by atoms with Crippen molar-refractivity contribution < 1.29 is 28.6 Å². The molecule has 0 saturated heterocycles.